The number of hydrogen-bond acceptors (Lipinski definition) is 3. The number of benzene rings is 1. The molecule has 0 saturated carbocycles. The summed E-state index contributed by atoms with van der Waals surface area (Å²) < 4.78 is 76.6. The lowest BCUT2D eigenvalue weighted by molar-refractivity contribution is -0.142. The molecule has 1 aromatic heterocycles. The van der Waals surface area contributed by atoms with Crippen molar-refractivity contribution in [2.24, 2.45) is 0 Å². The van der Waals surface area contributed by atoms with E-state index in [2.05, 4.69) is 0 Å². The molecule has 0 aliphatic rings. The minimum absolute atomic E-state index is 0.196. The van der Waals surface area contributed by atoms with E-state index in [0.29, 0.717) is 0 Å². The van der Waals surface area contributed by atoms with Crippen LogP contribution in [0, 0.1) is 0 Å². The first-order valence-electron chi connectivity index (χ1n) is 5.40. The van der Waals surface area contributed by atoms with Crippen LogP contribution in [-0.2, 0) is 12.4 Å². The molecule has 0 aliphatic carbocycles. The van der Waals surface area contributed by atoms with Crippen LogP contribution in [0.1, 0.15) is 11.1 Å². The second-order valence-corrected chi connectivity index (χ2v) is 4.18. The summed E-state index contributed by atoms with van der Waals surface area (Å²) in [5.41, 5.74) is -10.7. The Balaban J connectivity index is 3.13. The SMILES string of the molecule is O=c1[nH]c2cc(C(F)(F)F)cc(C(F)(F)F)c2[nH]c(=O)c1=O. The van der Waals surface area contributed by atoms with Crippen LogP contribution in [0.15, 0.2) is 26.5 Å². The van der Waals surface area contributed by atoms with Crippen molar-refractivity contribution in [1.82, 2.24) is 9.97 Å². The lowest BCUT2D eigenvalue weighted by Gasteiger charge is -2.13. The van der Waals surface area contributed by atoms with Crippen molar-refractivity contribution < 1.29 is 26.3 Å². The van der Waals surface area contributed by atoms with Gasteiger partial charge in [0.15, 0.2) is 0 Å². The standard InChI is InChI=1S/C11H4F6N2O3/c12-10(13,14)3-1-4(11(15,16)17)6-5(2-3)18-8(21)7(20)9(22)19-6/h1-2H,(H2,18,19,20,21,22). The zero-order chi connectivity index (χ0) is 16.9. The van der Waals surface area contributed by atoms with E-state index in [4.69, 9.17) is 0 Å². The van der Waals surface area contributed by atoms with E-state index >= 15 is 0 Å². The smallest absolute Gasteiger partial charge is 0.317 e. The van der Waals surface area contributed by atoms with Gasteiger partial charge in [-0.15, -0.1) is 0 Å². The fourth-order valence-electron chi connectivity index (χ4n) is 1.72. The van der Waals surface area contributed by atoms with Gasteiger partial charge in [-0.25, -0.2) is 0 Å². The third-order valence-electron chi connectivity index (χ3n) is 2.67. The maximum atomic E-state index is 12.9. The Morgan fingerprint density at radius 3 is 1.82 bits per heavy atom. The maximum absolute atomic E-state index is 12.9. The van der Waals surface area contributed by atoms with Crippen LogP contribution in [0.5, 0.6) is 0 Å². The molecule has 0 unspecified atom stereocenters. The van der Waals surface area contributed by atoms with Gasteiger partial charge in [0.25, 0.3) is 0 Å². The van der Waals surface area contributed by atoms with E-state index in [-0.39, 0.29) is 12.1 Å². The van der Waals surface area contributed by atoms with E-state index in [1.54, 1.807) is 4.98 Å². The first-order valence-corrected chi connectivity index (χ1v) is 5.40. The van der Waals surface area contributed by atoms with Crippen molar-refractivity contribution in [2.45, 2.75) is 12.4 Å². The molecule has 1 heterocycles. The zero-order valence-electron chi connectivity index (χ0n) is 10.1. The zero-order valence-corrected chi connectivity index (χ0v) is 10.1. The number of rotatable bonds is 0. The lowest BCUT2D eigenvalue weighted by atomic mass is 10.1. The number of nitrogens with one attached hydrogen (secondary N) is 2. The summed E-state index contributed by atoms with van der Waals surface area (Å²) in [6.07, 6.45) is -10.4. The molecule has 0 radical (unpaired) electrons. The summed E-state index contributed by atoms with van der Waals surface area (Å²) in [4.78, 5) is 36.6. The van der Waals surface area contributed by atoms with Crippen LogP contribution in [-0.4, -0.2) is 9.97 Å². The molecule has 2 rings (SSSR count). The van der Waals surface area contributed by atoms with Crippen LogP contribution < -0.4 is 16.5 Å². The Morgan fingerprint density at radius 1 is 0.773 bits per heavy atom. The molecule has 1 aromatic carbocycles. The number of hydrogen-bond donors (Lipinski definition) is 2. The van der Waals surface area contributed by atoms with Crippen LogP contribution in [0.4, 0.5) is 26.3 Å². The quantitative estimate of drug-likeness (QED) is 0.570. The molecule has 0 amide bonds. The number of H-pyrrole nitrogens is 2. The van der Waals surface area contributed by atoms with Crippen LogP contribution in [0.25, 0.3) is 11.0 Å². The van der Waals surface area contributed by atoms with Crippen LogP contribution in [0.3, 0.4) is 0 Å². The van der Waals surface area contributed by atoms with Crippen molar-refractivity contribution >= 4 is 11.0 Å². The van der Waals surface area contributed by atoms with Crippen molar-refractivity contribution in [1.29, 1.82) is 0 Å². The van der Waals surface area contributed by atoms with Crippen LogP contribution in [0.2, 0.25) is 0 Å². The van der Waals surface area contributed by atoms with Gasteiger partial charge < -0.3 is 9.97 Å². The maximum Gasteiger partial charge on any atom is 0.418 e. The van der Waals surface area contributed by atoms with Gasteiger partial charge in [0.05, 0.1) is 22.2 Å². The molecule has 0 aliphatic heterocycles. The summed E-state index contributed by atoms with van der Waals surface area (Å²) in [6.45, 7) is 0. The Bertz CT molecular complexity index is 923. The summed E-state index contributed by atoms with van der Waals surface area (Å²) in [7, 11) is 0. The van der Waals surface area contributed by atoms with Gasteiger partial charge in [-0.05, 0) is 12.1 Å². The molecule has 22 heavy (non-hydrogen) atoms. The summed E-state index contributed by atoms with van der Waals surface area (Å²) in [6, 6.07) is -0.0254. The molecule has 0 saturated heterocycles. The molecule has 2 aromatic rings. The van der Waals surface area contributed by atoms with E-state index in [1.807, 2.05) is 0 Å². The molecular weight excluding hydrogens is 322 g/mol. The molecule has 118 valence electrons. The van der Waals surface area contributed by atoms with Gasteiger partial charge in [0.1, 0.15) is 0 Å². The average Bonchev–Trinajstić information content (AvgIpc) is 2.45. The number of halogens is 6. The molecule has 5 nitrogen and oxygen atoms in total. The molecule has 0 fully saturated rings. The monoisotopic (exact) mass is 326 g/mol. The Morgan fingerprint density at radius 2 is 1.32 bits per heavy atom. The first kappa shape index (κ1) is 15.8. The fraction of sp³-hybridized carbons (Fsp3) is 0.182. The van der Waals surface area contributed by atoms with Crippen molar-refractivity contribution in [3.63, 3.8) is 0 Å². The largest absolute Gasteiger partial charge is 0.418 e. The minimum Gasteiger partial charge on any atom is -0.317 e. The fourth-order valence-corrected chi connectivity index (χ4v) is 1.72. The summed E-state index contributed by atoms with van der Waals surface area (Å²) in [5.74, 6) is 0. The van der Waals surface area contributed by atoms with E-state index < -0.39 is 51.1 Å². The van der Waals surface area contributed by atoms with Crippen LogP contribution >= 0.6 is 0 Å². The van der Waals surface area contributed by atoms with Crippen molar-refractivity contribution in [3.05, 3.63) is 54.2 Å². The van der Waals surface area contributed by atoms with Gasteiger partial charge >= 0.3 is 28.9 Å². The third-order valence-corrected chi connectivity index (χ3v) is 2.67. The number of fused-ring (bicyclic) bond motifs is 1. The van der Waals surface area contributed by atoms with Gasteiger partial charge in [0, 0.05) is 0 Å². The molecule has 0 bridgehead atoms. The molecule has 11 heteroatoms. The summed E-state index contributed by atoms with van der Waals surface area (Å²) in [5, 5.41) is 0. The lowest BCUT2D eigenvalue weighted by Crippen LogP contribution is -2.37. The van der Waals surface area contributed by atoms with E-state index in [9.17, 15) is 40.7 Å². The topological polar surface area (TPSA) is 82.8 Å². The predicted octanol–water partition coefficient (Wildman–Crippen LogP) is 1.61. The first-order chi connectivity index (χ1) is 9.91. The van der Waals surface area contributed by atoms with Gasteiger partial charge in [-0.3, -0.25) is 14.4 Å². The van der Waals surface area contributed by atoms with Gasteiger partial charge in [0.2, 0.25) is 0 Å². The summed E-state index contributed by atoms with van der Waals surface area (Å²) >= 11 is 0. The molecule has 2 N–H and O–H groups in total. The highest BCUT2D eigenvalue weighted by Gasteiger charge is 2.38. The van der Waals surface area contributed by atoms with E-state index in [1.165, 1.54) is 4.98 Å². The molecule has 0 atom stereocenters. The Hall–Kier alpha value is -2.59. The average molecular weight is 326 g/mol. The predicted molar refractivity (Wildman–Crippen MR) is 61.5 cm³/mol. The highest BCUT2D eigenvalue weighted by molar-refractivity contribution is 5.79. The normalized spacial score (nSPS) is 12.6. The molecule has 0 spiro atoms. The number of aromatic nitrogens is 2. The highest BCUT2D eigenvalue weighted by atomic mass is 19.4. The second-order valence-electron chi connectivity index (χ2n) is 4.18. The van der Waals surface area contributed by atoms with E-state index in [0.717, 1.165) is 0 Å². The number of alkyl halides is 6. The highest BCUT2D eigenvalue weighted by Crippen LogP contribution is 2.38. The third kappa shape index (κ3) is 2.73. The van der Waals surface area contributed by atoms with Crippen molar-refractivity contribution in [2.75, 3.05) is 0 Å². The Labute approximate surface area is 115 Å². The van der Waals surface area contributed by atoms with Gasteiger partial charge in [-0.2, -0.15) is 26.3 Å². The van der Waals surface area contributed by atoms with Crippen molar-refractivity contribution in [3.8, 4) is 0 Å². The Kier molecular flexibility index (Phi) is 3.38. The minimum atomic E-state index is -5.25. The molecular formula is C11H4F6N2O3. The number of aromatic amines is 2. The van der Waals surface area contributed by atoms with Gasteiger partial charge in [-0.1, -0.05) is 0 Å². The second kappa shape index (κ2) is 4.71.